The van der Waals surface area contributed by atoms with Gasteiger partial charge in [-0.2, -0.15) is 0 Å². The highest BCUT2D eigenvalue weighted by Crippen LogP contribution is 2.26. The number of anilines is 1. The van der Waals surface area contributed by atoms with Crippen molar-refractivity contribution in [3.63, 3.8) is 0 Å². The summed E-state index contributed by atoms with van der Waals surface area (Å²) >= 11 is 0. The summed E-state index contributed by atoms with van der Waals surface area (Å²) in [5.74, 6) is 0. The molecule has 1 aromatic carbocycles. The fraction of sp³-hybridized carbons (Fsp3) is 0.500. The summed E-state index contributed by atoms with van der Waals surface area (Å²) in [4.78, 5) is 33.2. The van der Waals surface area contributed by atoms with Gasteiger partial charge in [-0.05, 0) is 50.8 Å². The zero-order chi connectivity index (χ0) is 18.7. The van der Waals surface area contributed by atoms with Gasteiger partial charge in [-0.3, -0.25) is 0 Å². The molecule has 26 heavy (non-hydrogen) atoms. The minimum atomic E-state index is -0.283. The van der Waals surface area contributed by atoms with E-state index in [1.807, 2.05) is 19.9 Å². The number of likely N-dealkylation sites (tertiary alicyclic amines) is 1. The molecule has 0 atom stereocenters. The summed E-state index contributed by atoms with van der Waals surface area (Å²) in [5.41, 5.74) is 4.62. The summed E-state index contributed by atoms with van der Waals surface area (Å²) in [5, 5.41) is 5.92. The van der Waals surface area contributed by atoms with Crippen LogP contribution in [0.3, 0.4) is 0 Å². The number of aromatic amines is 1. The lowest BCUT2D eigenvalue weighted by atomic mass is 10.1. The second kappa shape index (κ2) is 7.63. The number of carbonyl (C=O) groups excluding carboxylic acids is 2. The molecule has 1 aliphatic heterocycles. The number of fused-ring (bicyclic) bond motifs is 1. The van der Waals surface area contributed by atoms with E-state index in [1.165, 1.54) is 0 Å². The SMILES string of the molecule is CCOC(=O)N1CCC(NC(=O)Nc2cc3[nH]cnc3c(C)c2C)CC1. The summed E-state index contributed by atoms with van der Waals surface area (Å²) in [7, 11) is 0. The Morgan fingerprint density at radius 1 is 1.31 bits per heavy atom. The molecule has 0 bridgehead atoms. The molecule has 3 rings (SSSR count). The maximum absolute atomic E-state index is 12.4. The number of urea groups is 1. The fourth-order valence-electron chi connectivity index (χ4n) is 3.24. The summed E-state index contributed by atoms with van der Waals surface area (Å²) < 4.78 is 5.01. The molecule has 1 aromatic heterocycles. The summed E-state index contributed by atoms with van der Waals surface area (Å²) in [6.07, 6.45) is 2.79. The number of ether oxygens (including phenoxy) is 1. The smallest absolute Gasteiger partial charge is 0.409 e. The quantitative estimate of drug-likeness (QED) is 0.784. The second-order valence-corrected chi connectivity index (χ2v) is 6.53. The van der Waals surface area contributed by atoms with Crippen molar-refractivity contribution < 1.29 is 14.3 Å². The highest BCUT2D eigenvalue weighted by atomic mass is 16.6. The van der Waals surface area contributed by atoms with Crippen molar-refractivity contribution in [2.24, 2.45) is 0 Å². The lowest BCUT2D eigenvalue weighted by Crippen LogP contribution is -2.47. The van der Waals surface area contributed by atoms with Gasteiger partial charge in [-0.15, -0.1) is 0 Å². The minimum absolute atomic E-state index is 0.0398. The lowest BCUT2D eigenvalue weighted by Gasteiger charge is -2.31. The Morgan fingerprint density at radius 3 is 2.73 bits per heavy atom. The van der Waals surface area contributed by atoms with Crippen LogP contribution in [0.4, 0.5) is 15.3 Å². The average molecular weight is 359 g/mol. The summed E-state index contributed by atoms with van der Waals surface area (Å²) in [6.45, 7) is 7.30. The number of H-pyrrole nitrogens is 1. The zero-order valence-electron chi connectivity index (χ0n) is 15.4. The predicted octanol–water partition coefficient (Wildman–Crippen LogP) is 2.92. The Morgan fingerprint density at radius 2 is 2.04 bits per heavy atom. The van der Waals surface area contributed by atoms with Crippen molar-refractivity contribution in [3.05, 3.63) is 23.5 Å². The molecule has 1 fully saturated rings. The number of carbonyl (C=O) groups is 2. The van der Waals surface area contributed by atoms with Crippen molar-refractivity contribution in [3.8, 4) is 0 Å². The Labute approximate surface area is 152 Å². The number of hydrogen-bond donors (Lipinski definition) is 3. The Bertz CT molecular complexity index is 809. The van der Waals surface area contributed by atoms with E-state index in [0.717, 1.165) is 27.8 Å². The van der Waals surface area contributed by atoms with Crippen LogP contribution in [-0.4, -0.2) is 52.7 Å². The van der Waals surface area contributed by atoms with E-state index in [-0.39, 0.29) is 18.2 Å². The third kappa shape index (κ3) is 3.74. The fourth-order valence-corrected chi connectivity index (χ4v) is 3.24. The van der Waals surface area contributed by atoms with Crippen molar-refractivity contribution in [1.29, 1.82) is 0 Å². The average Bonchev–Trinajstić information content (AvgIpc) is 3.09. The van der Waals surface area contributed by atoms with Crippen LogP contribution in [0.1, 0.15) is 30.9 Å². The topological polar surface area (TPSA) is 99.4 Å². The number of amides is 3. The number of nitrogens with one attached hydrogen (secondary N) is 3. The van der Waals surface area contributed by atoms with Gasteiger partial charge >= 0.3 is 12.1 Å². The molecule has 0 aliphatic carbocycles. The zero-order valence-corrected chi connectivity index (χ0v) is 15.4. The standard InChI is InChI=1S/C18H25N5O3/c1-4-26-18(25)23-7-5-13(6-8-23)21-17(24)22-14-9-15-16(20-10-19-15)12(3)11(14)2/h9-10,13H,4-8H2,1-3H3,(H,19,20)(H2,21,22,24). The van der Waals surface area contributed by atoms with Crippen molar-refractivity contribution in [2.75, 3.05) is 25.0 Å². The van der Waals surface area contributed by atoms with Crippen molar-refractivity contribution in [2.45, 2.75) is 39.7 Å². The third-order valence-corrected chi connectivity index (χ3v) is 4.88. The number of aryl methyl sites for hydroxylation is 1. The van der Waals surface area contributed by atoms with Gasteiger partial charge in [0, 0.05) is 24.8 Å². The number of hydrogen-bond acceptors (Lipinski definition) is 4. The Kier molecular flexibility index (Phi) is 5.29. The van der Waals surface area contributed by atoms with E-state index < -0.39 is 0 Å². The Hall–Kier alpha value is -2.77. The maximum Gasteiger partial charge on any atom is 0.409 e. The van der Waals surface area contributed by atoms with Crippen LogP contribution >= 0.6 is 0 Å². The van der Waals surface area contributed by atoms with Crippen molar-refractivity contribution in [1.82, 2.24) is 20.2 Å². The van der Waals surface area contributed by atoms with Crippen LogP contribution in [0.2, 0.25) is 0 Å². The minimum Gasteiger partial charge on any atom is -0.450 e. The first-order valence-corrected chi connectivity index (χ1v) is 8.92. The highest BCUT2D eigenvalue weighted by molar-refractivity contribution is 5.94. The van der Waals surface area contributed by atoms with E-state index in [2.05, 4.69) is 20.6 Å². The van der Waals surface area contributed by atoms with E-state index in [0.29, 0.717) is 32.5 Å². The molecule has 2 heterocycles. The van der Waals surface area contributed by atoms with Gasteiger partial charge in [0.1, 0.15) is 0 Å². The molecule has 8 nitrogen and oxygen atoms in total. The van der Waals surface area contributed by atoms with Crippen LogP contribution in [0.15, 0.2) is 12.4 Å². The molecule has 2 aromatic rings. The van der Waals surface area contributed by atoms with Crippen LogP contribution in [0, 0.1) is 13.8 Å². The first-order chi connectivity index (χ1) is 12.5. The van der Waals surface area contributed by atoms with Gasteiger partial charge in [0.25, 0.3) is 0 Å². The van der Waals surface area contributed by atoms with Crippen molar-refractivity contribution >= 4 is 28.8 Å². The van der Waals surface area contributed by atoms with E-state index in [1.54, 1.807) is 18.2 Å². The molecule has 0 radical (unpaired) electrons. The first kappa shape index (κ1) is 18.0. The van der Waals surface area contributed by atoms with Gasteiger partial charge in [-0.1, -0.05) is 0 Å². The second-order valence-electron chi connectivity index (χ2n) is 6.53. The molecule has 3 N–H and O–H groups in total. The summed E-state index contributed by atoms with van der Waals surface area (Å²) in [6, 6.07) is 1.70. The lowest BCUT2D eigenvalue weighted by molar-refractivity contribution is 0.0959. The van der Waals surface area contributed by atoms with Gasteiger partial charge in [0.05, 0.1) is 24.0 Å². The van der Waals surface area contributed by atoms with Crippen LogP contribution < -0.4 is 10.6 Å². The number of aromatic nitrogens is 2. The number of piperidine rings is 1. The molecule has 3 amide bonds. The predicted molar refractivity (Wildman–Crippen MR) is 99.3 cm³/mol. The molecular formula is C18H25N5O3. The normalized spacial score (nSPS) is 15.1. The molecule has 8 heteroatoms. The number of imidazole rings is 1. The number of benzene rings is 1. The molecular weight excluding hydrogens is 334 g/mol. The van der Waals surface area contributed by atoms with Gasteiger partial charge in [-0.25, -0.2) is 14.6 Å². The maximum atomic E-state index is 12.4. The largest absolute Gasteiger partial charge is 0.450 e. The van der Waals surface area contributed by atoms with Crippen LogP contribution in [0.25, 0.3) is 11.0 Å². The molecule has 1 aliphatic rings. The third-order valence-electron chi connectivity index (χ3n) is 4.88. The van der Waals surface area contributed by atoms with Gasteiger partial charge in [0.15, 0.2) is 0 Å². The molecule has 0 spiro atoms. The van der Waals surface area contributed by atoms with Gasteiger partial charge < -0.3 is 25.3 Å². The molecule has 0 saturated carbocycles. The monoisotopic (exact) mass is 359 g/mol. The molecule has 1 saturated heterocycles. The first-order valence-electron chi connectivity index (χ1n) is 8.92. The van der Waals surface area contributed by atoms with Crippen LogP contribution in [0.5, 0.6) is 0 Å². The van der Waals surface area contributed by atoms with E-state index in [9.17, 15) is 9.59 Å². The van der Waals surface area contributed by atoms with E-state index in [4.69, 9.17) is 4.74 Å². The molecule has 140 valence electrons. The number of nitrogens with zero attached hydrogens (tertiary/aromatic N) is 2. The number of rotatable bonds is 3. The van der Waals surface area contributed by atoms with Gasteiger partial charge in [0.2, 0.25) is 0 Å². The Balaban J connectivity index is 1.57. The van der Waals surface area contributed by atoms with E-state index >= 15 is 0 Å². The highest BCUT2D eigenvalue weighted by Gasteiger charge is 2.24. The molecule has 0 unspecified atom stereocenters. The van der Waals surface area contributed by atoms with Crippen LogP contribution in [-0.2, 0) is 4.74 Å².